The summed E-state index contributed by atoms with van der Waals surface area (Å²) in [4.78, 5) is 14.7. The van der Waals surface area contributed by atoms with Crippen molar-refractivity contribution in [1.82, 2.24) is 25.0 Å². The van der Waals surface area contributed by atoms with Crippen LogP contribution in [0.4, 0.5) is 4.39 Å². The van der Waals surface area contributed by atoms with E-state index in [0.29, 0.717) is 30.2 Å². The Morgan fingerprint density at radius 1 is 1.15 bits per heavy atom. The number of carbonyl (C=O) groups excluding carboxylic acids is 1. The lowest BCUT2D eigenvalue weighted by Gasteiger charge is -2.25. The van der Waals surface area contributed by atoms with Crippen molar-refractivity contribution in [3.63, 3.8) is 0 Å². The second-order valence-electron chi connectivity index (χ2n) is 7.81. The molecule has 0 bridgehead atoms. The van der Waals surface area contributed by atoms with E-state index in [1.165, 1.54) is 6.07 Å². The zero-order chi connectivity index (χ0) is 17.7. The highest BCUT2D eigenvalue weighted by atomic mass is 19.1. The minimum absolute atomic E-state index is 0.106. The summed E-state index contributed by atoms with van der Waals surface area (Å²) in [5.41, 5.74) is 0.745. The van der Waals surface area contributed by atoms with E-state index in [-0.39, 0.29) is 11.7 Å². The molecule has 1 saturated carbocycles. The third-order valence-corrected chi connectivity index (χ3v) is 5.81. The molecule has 1 aromatic carbocycles. The zero-order valence-corrected chi connectivity index (χ0v) is 14.6. The first-order valence-electron chi connectivity index (χ1n) is 9.36. The topological polar surface area (TPSA) is 63.1 Å². The van der Waals surface area contributed by atoms with Gasteiger partial charge in [-0.2, -0.15) is 0 Å². The van der Waals surface area contributed by atoms with Crippen LogP contribution in [0.5, 0.6) is 0 Å². The van der Waals surface area contributed by atoms with Gasteiger partial charge in [0, 0.05) is 44.2 Å². The average molecular weight is 355 g/mol. The number of likely N-dealkylation sites (tertiary alicyclic amines) is 1. The predicted octanol–water partition coefficient (Wildman–Crippen LogP) is 1.61. The predicted molar refractivity (Wildman–Crippen MR) is 92.9 cm³/mol. The average Bonchev–Trinajstić information content (AvgIpc) is 3.20. The smallest absolute Gasteiger partial charge is 0.289 e. The van der Waals surface area contributed by atoms with Crippen molar-refractivity contribution in [1.29, 1.82) is 0 Å². The SMILES string of the molecule is O=C(NC1CC1)c1nnc2n1C[C@H]1CN(Cc3ccccc3F)C[C@@H]1C2. The lowest BCUT2D eigenvalue weighted by Crippen LogP contribution is -2.33. The molecular weight excluding hydrogens is 333 g/mol. The van der Waals surface area contributed by atoms with E-state index in [4.69, 9.17) is 0 Å². The molecule has 2 atom stereocenters. The van der Waals surface area contributed by atoms with Crippen molar-refractivity contribution in [2.45, 2.75) is 38.4 Å². The van der Waals surface area contributed by atoms with Gasteiger partial charge in [0.2, 0.25) is 5.82 Å². The summed E-state index contributed by atoms with van der Waals surface area (Å²) < 4.78 is 15.9. The molecule has 1 saturated heterocycles. The van der Waals surface area contributed by atoms with Crippen LogP contribution in [-0.2, 0) is 19.5 Å². The summed E-state index contributed by atoms with van der Waals surface area (Å²) in [6.07, 6.45) is 2.95. The molecule has 3 aliphatic rings. The van der Waals surface area contributed by atoms with E-state index < -0.39 is 0 Å². The number of aromatic nitrogens is 3. The van der Waals surface area contributed by atoms with Crippen molar-refractivity contribution < 1.29 is 9.18 Å². The van der Waals surface area contributed by atoms with Crippen LogP contribution < -0.4 is 5.32 Å². The number of benzene rings is 1. The summed E-state index contributed by atoms with van der Waals surface area (Å²) >= 11 is 0. The number of fused-ring (bicyclic) bond motifs is 2. The Kier molecular flexibility index (Phi) is 3.77. The van der Waals surface area contributed by atoms with Crippen LogP contribution in [0.3, 0.4) is 0 Å². The molecule has 136 valence electrons. The molecular formula is C19H22FN5O. The molecule has 26 heavy (non-hydrogen) atoms. The van der Waals surface area contributed by atoms with Gasteiger partial charge in [0.05, 0.1) is 0 Å². The molecule has 6 nitrogen and oxygen atoms in total. The van der Waals surface area contributed by atoms with Crippen LogP contribution in [0.1, 0.15) is 34.8 Å². The van der Waals surface area contributed by atoms with Crippen molar-refractivity contribution in [2.24, 2.45) is 11.8 Å². The molecule has 2 aliphatic heterocycles. The fourth-order valence-electron chi connectivity index (χ4n) is 4.26. The van der Waals surface area contributed by atoms with Crippen LogP contribution in [0.2, 0.25) is 0 Å². The first kappa shape index (κ1) is 15.9. The highest BCUT2D eigenvalue weighted by Crippen LogP contribution is 2.33. The molecule has 1 aliphatic carbocycles. The molecule has 0 unspecified atom stereocenters. The minimum Gasteiger partial charge on any atom is -0.347 e. The first-order valence-corrected chi connectivity index (χ1v) is 9.36. The standard InChI is InChI=1S/C19H22FN5O/c20-16-4-2-1-3-12(16)8-24-9-13-7-17-22-23-18(19(26)21-15-5-6-15)25(17)11-14(13)10-24/h1-4,13-15H,5-11H2,(H,21,26)/t13-,14+/m0/s1. The van der Waals surface area contributed by atoms with E-state index >= 15 is 0 Å². The number of carbonyl (C=O) groups is 1. The van der Waals surface area contributed by atoms with Crippen molar-refractivity contribution in [3.8, 4) is 0 Å². The summed E-state index contributed by atoms with van der Waals surface area (Å²) in [6.45, 7) is 3.26. The van der Waals surface area contributed by atoms with Gasteiger partial charge in [-0.3, -0.25) is 9.69 Å². The van der Waals surface area contributed by atoms with Crippen molar-refractivity contribution >= 4 is 5.91 Å². The number of amides is 1. The Bertz CT molecular complexity index is 846. The molecule has 1 aromatic heterocycles. The maximum atomic E-state index is 13.9. The van der Waals surface area contributed by atoms with E-state index in [9.17, 15) is 9.18 Å². The summed E-state index contributed by atoms with van der Waals surface area (Å²) in [7, 11) is 0. The van der Waals surface area contributed by atoms with Gasteiger partial charge in [0.1, 0.15) is 11.6 Å². The van der Waals surface area contributed by atoms with Crippen molar-refractivity contribution in [2.75, 3.05) is 13.1 Å². The summed E-state index contributed by atoms with van der Waals surface area (Å²) in [5, 5.41) is 11.4. The van der Waals surface area contributed by atoms with Crippen LogP contribution >= 0.6 is 0 Å². The fraction of sp³-hybridized carbons (Fsp3) is 0.526. The lowest BCUT2D eigenvalue weighted by atomic mass is 9.89. The number of halogens is 1. The quantitative estimate of drug-likeness (QED) is 0.905. The van der Waals surface area contributed by atoms with Gasteiger partial charge < -0.3 is 9.88 Å². The number of rotatable bonds is 4. The number of hydrogen-bond acceptors (Lipinski definition) is 4. The Morgan fingerprint density at radius 2 is 1.96 bits per heavy atom. The number of nitrogens with one attached hydrogen (secondary N) is 1. The van der Waals surface area contributed by atoms with Gasteiger partial charge in [-0.15, -0.1) is 10.2 Å². The summed E-state index contributed by atoms with van der Waals surface area (Å²) in [5.74, 6) is 2.05. The number of nitrogens with zero attached hydrogens (tertiary/aromatic N) is 4. The second kappa shape index (κ2) is 6.16. The molecule has 2 aromatic rings. The lowest BCUT2D eigenvalue weighted by molar-refractivity contribution is 0.0932. The molecule has 2 fully saturated rings. The molecule has 0 spiro atoms. The molecule has 5 rings (SSSR count). The van der Waals surface area contributed by atoms with E-state index in [1.807, 2.05) is 16.7 Å². The molecule has 1 N–H and O–H groups in total. The Hall–Kier alpha value is -2.28. The monoisotopic (exact) mass is 355 g/mol. The van der Waals surface area contributed by atoms with Crippen LogP contribution in [-0.4, -0.2) is 44.7 Å². The maximum Gasteiger partial charge on any atom is 0.289 e. The number of hydrogen-bond donors (Lipinski definition) is 1. The van der Waals surface area contributed by atoms with E-state index in [0.717, 1.165) is 50.3 Å². The molecule has 3 heterocycles. The first-order chi connectivity index (χ1) is 12.7. The van der Waals surface area contributed by atoms with Gasteiger partial charge in [-0.1, -0.05) is 18.2 Å². The van der Waals surface area contributed by atoms with Crippen LogP contribution in [0, 0.1) is 17.7 Å². The zero-order valence-electron chi connectivity index (χ0n) is 14.6. The second-order valence-corrected chi connectivity index (χ2v) is 7.81. The molecule has 0 radical (unpaired) electrons. The Labute approximate surface area is 151 Å². The highest BCUT2D eigenvalue weighted by Gasteiger charge is 2.39. The Balaban J connectivity index is 1.29. The molecule has 7 heteroatoms. The largest absolute Gasteiger partial charge is 0.347 e. The van der Waals surface area contributed by atoms with Crippen molar-refractivity contribution in [3.05, 3.63) is 47.3 Å². The normalized spacial score (nSPS) is 25.0. The van der Waals surface area contributed by atoms with Gasteiger partial charge in [-0.25, -0.2) is 4.39 Å². The van der Waals surface area contributed by atoms with Gasteiger partial charge in [0.15, 0.2) is 0 Å². The van der Waals surface area contributed by atoms with E-state index in [2.05, 4.69) is 20.4 Å². The van der Waals surface area contributed by atoms with Gasteiger partial charge >= 0.3 is 0 Å². The Morgan fingerprint density at radius 3 is 2.77 bits per heavy atom. The van der Waals surface area contributed by atoms with Crippen LogP contribution in [0.25, 0.3) is 0 Å². The molecule has 1 amide bonds. The summed E-state index contributed by atoms with van der Waals surface area (Å²) in [6, 6.07) is 7.29. The third kappa shape index (κ3) is 2.90. The van der Waals surface area contributed by atoms with Crippen LogP contribution in [0.15, 0.2) is 24.3 Å². The van der Waals surface area contributed by atoms with Gasteiger partial charge in [0.25, 0.3) is 5.91 Å². The third-order valence-electron chi connectivity index (χ3n) is 5.81. The van der Waals surface area contributed by atoms with Gasteiger partial charge in [-0.05, 0) is 30.7 Å². The minimum atomic E-state index is -0.140. The maximum absolute atomic E-state index is 13.9. The fourth-order valence-corrected chi connectivity index (χ4v) is 4.26. The highest BCUT2D eigenvalue weighted by molar-refractivity contribution is 5.91. The van der Waals surface area contributed by atoms with E-state index in [1.54, 1.807) is 6.07 Å².